The summed E-state index contributed by atoms with van der Waals surface area (Å²) in [4.78, 5) is 54.0. The molecule has 148 valence electrons. The Morgan fingerprint density at radius 3 is 2.59 bits per heavy atom. The van der Waals surface area contributed by atoms with E-state index >= 15 is 0 Å². The number of amides is 4. The van der Waals surface area contributed by atoms with E-state index in [-0.39, 0.29) is 11.3 Å². The second-order valence-electron chi connectivity index (χ2n) is 5.94. The SMILES string of the molecule is COC(=O)c1cccc(N=C[C@@H]2C(=O)NC(=O)N(c3ccccc3OC)C2=O)c1. The van der Waals surface area contributed by atoms with Crippen LogP contribution in [0.1, 0.15) is 10.4 Å². The first-order valence-electron chi connectivity index (χ1n) is 8.50. The fourth-order valence-corrected chi connectivity index (χ4v) is 2.76. The number of ether oxygens (including phenoxy) is 2. The van der Waals surface area contributed by atoms with Gasteiger partial charge in [-0.25, -0.2) is 14.5 Å². The molecule has 1 aliphatic heterocycles. The molecule has 4 amide bonds. The van der Waals surface area contributed by atoms with Gasteiger partial charge in [0.2, 0.25) is 5.91 Å². The summed E-state index contributed by atoms with van der Waals surface area (Å²) in [5, 5.41) is 2.14. The first-order chi connectivity index (χ1) is 14.0. The molecule has 1 fully saturated rings. The minimum Gasteiger partial charge on any atom is -0.495 e. The molecule has 1 saturated heterocycles. The molecule has 0 saturated carbocycles. The van der Waals surface area contributed by atoms with Crippen LogP contribution in [-0.4, -0.2) is 44.2 Å². The number of nitrogens with zero attached hydrogens (tertiary/aromatic N) is 2. The highest BCUT2D eigenvalue weighted by Gasteiger charge is 2.41. The number of hydrogen-bond acceptors (Lipinski definition) is 7. The minimum absolute atomic E-state index is 0.205. The van der Waals surface area contributed by atoms with Gasteiger partial charge in [-0.15, -0.1) is 0 Å². The second-order valence-corrected chi connectivity index (χ2v) is 5.94. The molecule has 2 aromatic rings. The van der Waals surface area contributed by atoms with Gasteiger partial charge < -0.3 is 9.47 Å². The van der Waals surface area contributed by atoms with Crippen molar-refractivity contribution in [3.8, 4) is 5.75 Å². The van der Waals surface area contributed by atoms with E-state index in [1.165, 1.54) is 26.4 Å². The highest BCUT2D eigenvalue weighted by Crippen LogP contribution is 2.30. The van der Waals surface area contributed by atoms with E-state index in [9.17, 15) is 19.2 Å². The lowest BCUT2D eigenvalue weighted by Crippen LogP contribution is -2.58. The van der Waals surface area contributed by atoms with Crippen molar-refractivity contribution in [1.82, 2.24) is 5.32 Å². The van der Waals surface area contributed by atoms with Crippen LogP contribution in [-0.2, 0) is 14.3 Å². The Kier molecular flexibility index (Phi) is 5.68. The maximum absolute atomic E-state index is 12.9. The third kappa shape index (κ3) is 3.98. The van der Waals surface area contributed by atoms with Crippen LogP contribution >= 0.6 is 0 Å². The Morgan fingerprint density at radius 2 is 1.86 bits per heavy atom. The maximum Gasteiger partial charge on any atom is 0.337 e. The second kappa shape index (κ2) is 8.34. The first-order valence-corrected chi connectivity index (χ1v) is 8.50. The van der Waals surface area contributed by atoms with Crippen molar-refractivity contribution < 1.29 is 28.7 Å². The average molecular weight is 395 g/mol. The summed E-state index contributed by atoms with van der Waals surface area (Å²) in [6, 6.07) is 11.8. The number of carbonyl (C=O) groups is 4. The molecule has 9 nitrogen and oxygen atoms in total. The van der Waals surface area contributed by atoms with Gasteiger partial charge in [0.15, 0.2) is 5.92 Å². The van der Waals surface area contributed by atoms with Crippen molar-refractivity contribution in [2.45, 2.75) is 0 Å². The highest BCUT2D eigenvalue weighted by atomic mass is 16.5. The standard InChI is InChI=1S/C20H17N3O6/c1-28-16-9-4-3-8-15(16)23-18(25)14(17(24)22-20(23)27)11-21-13-7-5-6-12(10-13)19(26)29-2/h3-11,14H,1-2H3,(H,22,24,27)/t14-/m1/s1. The van der Waals surface area contributed by atoms with Gasteiger partial charge in [-0.3, -0.25) is 19.9 Å². The zero-order chi connectivity index (χ0) is 21.0. The number of esters is 1. The van der Waals surface area contributed by atoms with E-state index < -0.39 is 29.7 Å². The molecular formula is C20H17N3O6. The van der Waals surface area contributed by atoms with Gasteiger partial charge in [0.25, 0.3) is 5.91 Å². The van der Waals surface area contributed by atoms with Crippen LogP contribution in [0.3, 0.4) is 0 Å². The summed E-state index contributed by atoms with van der Waals surface area (Å²) in [5.74, 6) is -3.14. The van der Waals surface area contributed by atoms with Gasteiger partial charge >= 0.3 is 12.0 Å². The van der Waals surface area contributed by atoms with Crippen molar-refractivity contribution in [3.63, 3.8) is 0 Å². The van der Waals surface area contributed by atoms with Crippen LogP contribution < -0.4 is 15.0 Å². The first kappa shape index (κ1) is 19.7. The summed E-state index contributed by atoms with van der Waals surface area (Å²) in [7, 11) is 2.66. The fraction of sp³-hybridized carbons (Fsp3) is 0.150. The van der Waals surface area contributed by atoms with Crippen LogP contribution in [0.15, 0.2) is 53.5 Å². The van der Waals surface area contributed by atoms with E-state index in [4.69, 9.17) is 4.74 Å². The molecule has 29 heavy (non-hydrogen) atoms. The molecule has 1 aliphatic rings. The van der Waals surface area contributed by atoms with Crippen LogP contribution in [0.25, 0.3) is 0 Å². The molecule has 0 aliphatic carbocycles. The third-order valence-electron chi connectivity index (χ3n) is 4.17. The van der Waals surface area contributed by atoms with Gasteiger partial charge in [0.1, 0.15) is 5.75 Å². The molecule has 9 heteroatoms. The number of nitrogens with one attached hydrogen (secondary N) is 1. The number of urea groups is 1. The summed E-state index contributed by atoms with van der Waals surface area (Å²) in [6.45, 7) is 0. The number of methoxy groups -OCH3 is 2. The van der Waals surface area contributed by atoms with Gasteiger partial charge in [0.05, 0.1) is 31.2 Å². The van der Waals surface area contributed by atoms with E-state index in [1.807, 2.05) is 0 Å². The predicted octanol–water partition coefficient (Wildman–Crippen LogP) is 2.08. The molecule has 0 aromatic heterocycles. The van der Waals surface area contributed by atoms with Gasteiger partial charge in [-0.2, -0.15) is 0 Å². The summed E-state index contributed by atoms with van der Waals surface area (Å²) in [6.07, 6.45) is 1.13. The Balaban J connectivity index is 1.90. The van der Waals surface area contributed by atoms with Crippen molar-refractivity contribution in [2.24, 2.45) is 10.9 Å². The van der Waals surface area contributed by atoms with Crippen molar-refractivity contribution in [3.05, 3.63) is 54.1 Å². The monoisotopic (exact) mass is 395 g/mol. The molecular weight excluding hydrogens is 378 g/mol. The number of barbiturate groups is 1. The Labute approximate surface area is 165 Å². The number of hydrogen-bond donors (Lipinski definition) is 1. The molecule has 1 atom stereocenters. The lowest BCUT2D eigenvalue weighted by Gasteiger charge is -2.29. The number of anilines is 1. The molecule has 0 radical (unpaired) electrons. The van der Waals surface area contributed by atoms with Gasteiger partial charge in [-0.1, -0.05) is 18.2 Å². The Morgan fingerprint density at radius 1 is 1.10 bits per heavy atom. The lowest BCUT2D eigenvalue weighted by molar-refractivity contribution is -0.131. The summed E-state index contributed by atoms with van der Waals surface area (Å²) < 4.78 is 9.85. The number of rotatable bonds is 5. The third-order valence-corrected chi connectivity index (χ3v) is 4.17. The number of para-hydroxylation sites is 2. The quantitative estimate of drug-likeness (QED) is 0.471. The van der Waals surface area contributed by atoms with Gasteiger partial charge in [-0.05, 0) is 30.3 Å². The maximum atomic E-state index is 12.9. The zero-order valence-corrected chi connectivity index (χ0v) is 15.6. The average Bonchev–Trinajstić information content (AvgIpc) is 2.73. The zero-order valence-electron chi connectivity index (χ0n) is 15.6. The van der Waals surface area contributed by atoms with E-state index in [0.29, 0.717) is 11.4 Å². The van der Waals surface area contributed by atoms with Crippen LogP contribution in [0.2, 0.25) is 0 Å². The number of aliphatic imine (C=N–C) groups is 1. The predicted molar refractivity (Wildman–Crippen MR) is 103 cm³/mol. The minimum atomic E-state index is -1.33. The van der Waals surface area contributed by atoms with Crippen LogP contribution in [0.4, 0.5) is 16.2 Å². The van der Waals surface area contributed by atoms with Gasteiger partial charge in [0, 0.05) is 6.21 Å². The van der Waals surface area contributed by atoms with Crippen LogP contribution in [0.5, 0.6) is 5.75 Å². The molecule has 0 bridgehead atoms. The van der Waals surface area contributed by atoms with E-state index in [2.05, 4.69) is 15.0 Å². The molecule has 1 N–H and O–H groups in total. The number of imide groups is 2. The smallest absolute Gasteiger partial charge is 0.337 e. The van der Waals surface area contributed by atoms with Crippen molar-refractivity contribution in [1.29, 1.82) is 0 Å². The number of carbonyl (C=O) groups excluding carboxylic acids is 4. The number of benzene rings is 2. The largest absolute Gasteiger partial charge is 0.495 e. The topological polar surface area (TPSA) is 114 Å². The van der Waals surface area contributed by atoms with E-state index in [1.54, 1.807) is 36.4 Å². The molecule has 2 aromatic carbocycles. The highest BCUT2D eigenvalue weighted by molar-refractivity contribution is 6.33. The summed E-state index contributed by atoms with van der Waals surface area (Å²) >= 11 is 0. The fourth-order valence-electron chi connectivity index (χ4n) is 2.76. The van der Waals surface area contributed by atoms with Crippen molar-refractivity contribution in [2.75, 3.05) is 19.1 Å². The summed E-state index contributed by atoms with van der Waals surface area (Å²) in [5.41, 5.74) is 0.817. The molecule has 0 spiro atoms. The van der Waals surface area contributed by atoms with Crippen molar-refractivity contribution >= 4 is 41.4 Å². The molecule has 1 heterocycles. The van der Waals surface area contributed by atoms with E-state index in [0.717, 1.165) is 11.1 Å². The molecule has 3 rings (SSSR count). The Hall–Kier alpha value is -4.01. The normalized spacial score (nSPS) is 16.7. The lowest BCUT2D eigenvalue weighted by atomic mass is 10.1. The molecule has 0 unspecified atom stereocenters. The van der Waals surface area contributed by atoms with Crippen LogP contribution in [0, 0.1) is 5.92 Å². The Bertz CT molecular complexity index is 1020.